The maximum atomic E-state index is 12.2. The Morgan fingerprint density at radius 1 is 0.850 bits per heavy atom. The zero-order valence-corrected chi connectivity index (χ0v) is 13.1. The van der Waals surface area contributed by atoms with Gasteiger partial charge in [-0.25, -0.2) is 0 Å². The number of benzene rings is 2. The van der Waals surface area contributed by atoms with Crippen molar-refractivity contribution in [2.75, 3.05) is 0 Å². The number of carbonyl (C=O) groups excluding carboxylic acids is 2. The Labute approximate surface area is 131 Å². The highest BCUT2D eigenvalue weighted by molar-refractivity contribution is 9.10. The molecular weight excluding hydrogens is 386 g/mol. The number of hydrogen-bond donors (Lipinski definition) is 0. The van der Waals surface area contributed by atoms with Crippen LogP contribution >= 0.6 is 31.9 Å². The van der Waals surface area contributed by atoms with E-state index in [4.69, 9.17) is 5.26 Å². The van der Waals surface area contributed by atoms with Gasteiger partial charge in [-0.15, -0.1) is 0 Å². The highest BCUT2D eigenvalue weighted by Crippen LogP contribution is 2.37. The molecule has 0 heterocycles. The van der Waals surface area contributed by atoms with Crippen molar-refractivity contribution >= 4 is 43.4 Å². The van der Waals surface area contributed by atoms with E-state index >= 15 is 0 Å². The van der Waals surface area contributed by atoms with E-state index < -0.39 is 11.6 Å². The van der Waals surface area contributed by atoms with Crippen LogP contribution < -0.4 is 0 Å². The van der Waals surface area contributed by atoms with Gasteiger partial charge in [0.1, 0.15) is 6.07 Å². The molecule has 96 valence electrons. The Kier molecular flexibility index (Phi) is 3.08. The first kappa shape index (κ1) is 13.2. The normalized spacial score (nSPS) is 12.7. The molecule has 0 spiro atoms. The van der Waals surface area contributed by atoms with E-state index in [-0.39, 0.29) is 5.56 Å². The van der Waals surface area contributed by atoms with Crippen molar-refractivity contribution in [3.05, 3.63) is 56.0 Å². The first-order chi connectivity index (χ1) is 9.52. The van der Waals surface area contributed by atoms with Crippen LogP contribution in [0.15, 0.2) is 39.3 Å². The van der Waals surface area contributed by atoms with Gasteiger partial charge in [-0.2, -0.15) is 5.26 Å². The van der Waals surface area contributed by atoms with Crippen LogP contribution in [-0.2, 0) is 0 Å². The molecule has 0 aliphatic heterocycles. The molecule has 0 radical (unpaired) electrons. The van der Waals surface area contributed by atoms with Crippen LogP contribution in [0.1, 0.15) is 26.3 Å². The highest BCUT2D eigenvalue weighted by atomic mass is 79.9. The lowest BCUT2D eigenvalue weighted by atomic mass is 9.83. The standard InChI is InChI=1S/C15H5Br2NO2/c16-8-1-2-9-10(4-8)11-5-13(17)7(6-18)3-12(11)15(20)14(9)19/h1-5H. The third kappa shape index (κ3) is 1.84. The number of nitrogens with zero attached hydrogens (tertiary/aromatic N) is 1. The summed E-state index contributed by atoms with van der Waals surface area (Å²) in [6.07, 6.45) is 0. The first-order valence-electron chi connectivity index (χ1n) is 5.65. The predicted molar refractivity (Wildman–Crippen MR) is 80.7 cm³/mol. The van der Waals surface area contributed by atoms with Crippen LogP contribution in [-0.4, -0.2) is 11.6 Å². The van der Waals surface area contributed by atoms with Crippen molar-refractivity contribution in [1.82, 2.24) is 0 Å². The molecule has 0 saturated carbocycles. The average Bonchev–Trinajstić information content (AvgIpc) is 2.44. The fraction of sp³-hybridized carbons (Fsp3) is 0. The van der Waals surface area contributed by atoms with E-state index in [0.717, 1.165) is 4.47 Å². The maximum absolute atomic E-state index is 12.2. The highest BCUT2D eigenvalue weighted by Gasteiger charge is 2.31. The molecule has 3 nitrogen and oxygen atoms in total. The SMILES string of the molecule is N#Cc1cc2c(cc1Br)-c1cc(Br)ccc1C(=O)C2=O. The summed E-state index contributed by atoms with van der Waals surface area (Å²) in [6.45, 7) is 0. The van der Waals surface area contributed by atoms with Gasteiger partial charge in [-0.1, -0.05) is 15.9 Å². The van der Waals surface area contributed by atoms with Crippen molar-refractivity contribution < 1.29 is 9.59 Å². The van der Waals surface area contributed by atoms with Gasteiger partial charge in [0.15, 0.2) is 0 Å². The predicted octanol–water partition coefficient (Wildman–Crippen LogP) is 4.13. The lowest BCUT2D eigenvalue weighted by Crippen LogP contribution is -2.21. The van der Waals surface area contributed by atoms with Gasteiger partial charge in [0.25, 0.3) is 0 Å². The third-order valence-corrected chi connectivity index (χ3v) is 4.34. The van der Waals surface area contributed by atoms with Crippen molar-refractivity contribution in [2.45, 2.75) is 0 Å². The third-order valence-electron chi connectivity index (χ3n) is 3.19. The van der Waals surface area contributed by atoms with E-state index in [1.54, 1.807) is 24.3 Å². The molecule has 0 bridgehead atoms. The molecule has 0 amide bonds. The van der Waals surface area contributed by atoms with Gasteiger partial charge in [-0.05, 0) is 57.4 Å². The molecule has 2 aromatic carbocycles. The Bertz CT molecular complexity index is 834. The zero-order chi connectivity index (χ0) is 14.4. The summed E-state index contributed by atoms with van der Waals surface area (Å²) >= 11 is 6.67. The average molecular weight is 391 g/mol. The molecule has 5 heteroatoms. The molecule has 2 aromatic rings. The molecule has 1 aliphatic rings. The minimum Gasteiger partial charge on any atom is -0.285 e. The van der Waals surface area contributed by atoms with Gasteiger partial charge < -0.3 is 0 Å². The number of rotatable bonds is 0. The van der Waals surface area contributed by atoms with Crippen LogP contribution in [0.3, 0.4) is 0 Å². The van der Waals surface area contributed by atoms with Crippen LogP contribution in [0, 0.1) is 11.3 Å². The van der Waals surface area contributed by atoms with Crippen LogP contribution in [0.5, 0.6) is 0 Å². The van der Waals surface area contributed by atoms with Gasteiger partial charge in [0.05, 0.1) is 5.56 Å². The summed E-state index contributed by atoms with van der Waals surface area (Å²) in [4.78, 5) is 24.3. The lowest BCUT2D eigenvalue weighted by Gasteiger charge is -2.18. The second-order valence-electron chi connectivity index (χ2n) is 4.34. The van der Waals surface area contributed by atoms with Crippen molar-refractivity contribution in [3.8, 4) is 17.2 Å². The number of nitriles is 1. The summed E-state index contributed by atoms with van der Waals surface area (Å²) < 4.78 is 1.43. The summed E-state index contributed by atoms with van der Waals surface area (Å²) in [5, 5.41) is 9.03. The van der Waals surface area contributed by atoms with Crippen molar-refractivity contribution in [2.24, 2.45) is 0 Å². The van der Waals surface area contributed by atoms with Crippen LogP contribution in [0.2, 0.25) is 0 Å². The molecule has 0 unspecified atom stereocenters. The molecular formula is C15H5Br2NO2. The number of fused-ring (bicyclic) bond motifs is 3. The van der Waals surface area contributed by atoms with Crippen molar-refractivity contribution in [1.29, 1.82) is 5.26 Å². The van der Waals surface area contributed by atoms with Crippen LogP contribution in [0.25, 0.3) is 11.1 Å². The summed E-state index contributed by atoms with van der Waals surface area (Å²) in [5.74, 6) is -1.11. The first-order valence-corrected chi connectivity index (χ1v) is 7.24. The largest absolute Gasteiger partial charge is 0.285 e. The molecule has 1 aliphatic carbocycles. The van der Waals surface area contributed by atoms with Crippen LogP contribution in [0.4, 0.5) is 0 Å². The molecule has 3 rings (SSSR count). The quantitative estimate of drug-likeness (QED) is 0.635. The van der Waals surface area contributed by atoms with E-state index in [1.165, 1.54) is 6.07 Å². The Hall–Kier alpha value is -1.77. The molecule has 0 aromatic heterocycles. The van der Waals surface area contributed by atoms with Gasteiger partial charge in [0, 0.05) is 20.1 Å². The Morgan fingerprint density at radius 3 is 2.20 bits per heavy atom. The fourth-order valence-electron chi connectivity index (χ4n) is 2.25. The van der Waals surface area contributed by atoms with E-state index in [1.807, 2.05) is 6.07 Å². The zero-order valence-electron chi connectivity index (χ0n) is 9.91. The number of carbonyl (C=O) groups is 2. The minimum absolute atomic E-state index is 0.278. The summed E-state index contributed by atoms with van der Waals surface area (Å²) in [6, 6.07) is 10.3. The lowest BCUT2D eigenvalue weighted by molar-refractivity contribution is 0.0815. The number of ketones is 2. The molecule has 0 atom stereocenters. The molecule has 0 fully saturated rings. The van der Waals surface area contributed by atoms with E-state index in [9.17, 15) is 9.59 Å². The molecule has 20 heavy (non-hydrogen) atoms. The van der Waals surface area contributed by atoms with Crippen molar-refractivity contribution in [3.63, 3.8) is 0 Å². The topological polar surface area (TPSA) is 57.9 Å². The maximum Gasteiger partial charge on any atom is 0.234 e. The smallest absolute Gasteiger partial charge is 0.234 e. The Balaban J connectivity index is 2.41. The minimum atomic E-state index is -0.571. The molecule has 0 saturated heterocycles. The second-order valence-corrected chi connectivity index (χ2v) is 6.11. The monoisotopic (exact) mass is 389 g/mol. The fourth-order valence-corrected chi connectivity index (χ4v) is 3.04. The second kappa shape index (κ2) is 4.65. The number of halogens is 2. The van der Waals surface area contributed by atoms with E-state index in [2.05, 4.69) is 31.9 Å². The number of Topliss-reactive ketones (excluding diaryl/α,β-unsaturated/α-hetero) is 2. The molecule has 0 N–H and O–H groups in total. The summed E-state index contributed by atoms with van der Waals surface area (Å²) in [5.41, 5.74) is 2.37. The summed E-state index contributed by atoms with van der Waals surface area (Å²) in [7, 11) is 0. The number of hydrogen-bond acceptors (Lipinski definition) is 3. The van der Waals surface area contributed by atoms with Gasteiger partial charge in [0.2, 0.25) is 11.6 Å². The van der Waals surface area contributed by atoms with Gasteiger partial charge >= 0.3 is 0 Å². The Morgan fingerprint density at radius 2 is 1.50 bits per heavy atom. The van der Waals surface area contributed by atoms with Gasteiger partial charge in [-0.3, -0.25) is 9.59 Å². The van der Waals surface area contributed by atoms with E-state index in [0.29, 0.717) is 26.7 Å².